The number of aromatic nitrogens is 3. The fourth-order valence-corrected chi connectivity index (χ4v) is 4.14. The Balaban J connectivity index is 1.48. The third kappa shape index (κ3) is 3.13. The predicted octanol–water partition coefficient (Wildman–Crippen LogP) is 2.23. The van der Waals surface area contributed by atoms with Gasteiger partial charge in [0, 0.05) is 0 Å². The van der Waals surface area contributed by atoms with Crippen molar-refractivity contribution in [3.8, 4) is 23.0 Å². The molecule has 4 aromatic rings. The Morgan fingerprint density at radius 2 is 1.93 bits per heavy atom. The average Bonchev–Trinajstić information content (AvgIpc) is 3.32. The maximum absolute atomic E-state index is 12.8. The molecule has 8 nitrogen and oxygen atoms in total. The summed E-state index contributed by atoms with van der Waals surface area (Å²) in [7, 11) is 3.15. The molecule has 0 saturated heterocycles. The van der Waals surface area contributed by atoms with Crippen LogP contribution in [0, 0.1) is 0 Å². The molecule has 30 heavy (non-hydrogen) atoms. The molecule has 0 bridgehead atoms. The van der Waals surface area contributed by atoms with Gasteiger partial charge in [-0.3, -0.25) is 4.79 Å². The van der Waals surface area contributed by atoms with Crippen molar-refractivity contribution in [1.29, 1.82) is 0 Å². The van der Waals surface area contributed by atoms with Crippen LogP contribution in [0.15, 0.2) is 47.3 Å². The van der Waals surface area contributed by atoms with Crippen molar-refractivity contribution in [2.45, 2.75) is 6.10 Å². The van der Waals surface area contributed by atoms with E-state index in [9.17, 15) is 4.79 Å². The van der Waals surface area contributed by atoms with Crippen LogP contribution in [0.5, 0.6) is 23.0 Å². The number of thiazole rings is 1. The van der Waals surface area contributed by atoms with Gasteiger partial charge >= 0.3 is 0 Å². The van der Waals surface area contributed by atoms with Crippen LogP contribution in [0.2, 0.25) is 0 Å². The van der Waals surface area contributed by atoms with Gasteiger partial charge in [-0.2, -0.15) is 9.50 Å². The number of fused-ring (bicyclic) bond motifs is 2. The number of nitrogens with zero attached hydrogens (tertiary/aromatic N) is 3. The summed E-state index contributed by atoms with van der Waals surface area (Å²) in [5, 5.41) is 4.37. The second-order valence-corrected chi connectivity index (χ2v) is 7.57. The molecule has 0 fully saturated rings. The molecule has 9 heteroatoms. The summed E-state index contributed by atoms with van der Waals surface area (Å²) in [5.41, 5.74) is 0.579. The summed E-state index contributed by atoms with van der Waals surface area (Å²) in [5.74, 6) is 2.96. The highest BCUT2D eigenvalue weighted by Gasteiger charge is 2.27. The first-order chi connectivity index (χ1) is 14.7. The van der Waals surface area contributed by atoms with E-state index in [0.717, 1.165) is 5.56 Å². The fraction of sp³-hybridized carbons (Fsp3) is 0.190. The van der Waals surface area contributed by atoms with E-state index in [1.807, 2.05) is 36.4 Å². The van der Waals surface area contributed by atoms with E-state index in [1.165, 1.54) is 15.9 Å². The molecular formula is C21H17N3O5S. The van der Waals surface area contributed by atoms with Gasteiger partial charge in [-0.1, -0.05) is 29.5 Å². The minimum absolute atomic E-state index is 0.235. The van der Waals surface area contributed by atoms with E-state index in [-0.39, 0.29) is 12.2 Å². The van der Waals surface area contributed by atoms with Crippen LogP contribution in [0.3, 0.4) is 0 Å². The van der Waals surface area contributed by atoms with E-state index in [0.29, 0.717) is 38.3 Å². The van der Waals surface area contributed by atoms with E-state index in [4.69, 9.17) is 18.9 Å². The zero-order valence-corrected chi connectivity index (χ0v) is 17.0. The molecule has 0 aliphatic carbocycles. The van der Waals surface area contributed by atoms with Crippen molar-refractivity contribution >= 4 is 22.4 Å². The SMILES string of the molecule is COc1ccc(/C=c2/sc3nc(C4COc5ccccc5O4)nn3c2=O)cc1OC. The highest BCUT2D eigenvalue weighted by atomic mass is 32.1. The molecule has 2 aromatic heterocycles. The Morgan fingerprint density at radius 1 is 1.13 bits per heavy atom. The van der Waals surface area contributed by atoms with Gasteiger partial charge in [-0.25, -0.2) is 0 Å². The van der Waals surface area contributed by atoms with Gasteiger partial charge in [-0.05, 0) is 35.9 Å². The fourth-order valence-electron chi connectivity index (χ4n) is 3.23. The van der Waals surface area contributed by atoms with Crippen molar-refractivity contribution in [3.05, 3.63) is 68.7 Å². The summed E-state index contributed by atoms with van der Waals surface area (Å²) in [4.78, 5) is 17.8. The lowest BCUT2D eigenvalue weighted by atomic mass is 10.2. The zero-order chi connectivity index (χ0) is 20.7. The van der Waals surface area contributed by atoms with Gasteiger partial charge < -0.3 is 18.9 Å². The highest BCUT2D eigenvalue weighted by molar-refractivity contribution is 7.15. The summed E-state index contributed by atoms with van der Waals surface area (Å²) in [6.45, 7) is 0.285. The van der Waals surface area contributed by atoms with Crippen molar-refractivity contribution < 1.29 is 18.9 Å². The average molecular weight is 423 g/mol. The molecule has 5 rings (SSSR count). The normalized spacial score (nSPS) is 16.1. The number of para-hydroxylation sites is 2. The molecule has 1 unspecified atom stereocenters. The van der Waals surface area contributed by atoms with Gasteiger partial charge in [0.05, 0.1) is 18.8 Å². The topological polar surface area (TPSA) is 84.2 Å². The van der Waals surface area contributed by atoms with Crippen LogP contribution >= 0.6 is 11.3 Å². The van der Waals surface area contributed by atoms with Crippen molar-refractivity contribution in [3.63, 3.8) is 0 Å². The largest absolute Gasteiger partial charge is 0.493 e. The quantitative estimate of drug-likeness (QED) is 0.498. The lowest BCUT2D eigenvalue weighted by Gasteiger charge is -2.24. The van der Waals surface area contributed by atoms with Gasteiger partial charge in [0.2, 0.25) is 4.96 Å². The minimum Gasteiger partial charge on any atom is -0.493 e. The third-order valence-corrected chi connectivity index (χ3v) is 5.66. The number of hydrogen-bond donors (Lipinski definition) is 0. The first kappa shape index (κ1) is 18.4. The summed E-state index contributed by atoms with van der Waals surface area (Å²) >= 11 is 1.27. The third-order valence-electron chi connectivity index (χ3n) is 4.70. The molecular weight excluding hydrogens is 406 g/mol. The number of methoxy groups -OCH3 is 2. The molecule has 0 spiro atoms. The molecule has 0 N–H and O–H groups in total. The van der Waals surface area contributed by atoms with Crippen molar-refractivity contribution in [2.75, 3.05) is 20.8 Å². The van der Waals surface area contributed by atoms with Gasteiger partial charge in [-0.15, -0.1) is 5.10 Å². The molecule has 0 amide bonds. The first-order valence-electron chi connectivity index (χ1n) is 9.18. The van der Waals surface area contributed by atoms with Crippen LogP contribution in [-0.4, -0.2) is 35.4 Å². The minimum atomic E-state index is -0.468. The Labute approximate surface area is 174 Å². The molecule has 1 atom stereocenters. The molecule has 1 aliphatic heterocycles. The van der Waals surface area contributed by atoms with Crippen LogP contribution < -0.4 is 29.0 Å². The lowest BCUT2D eigenvalue weighted by Crippen LogP contribution is -2.26. The Bertz CT molecular complexity index is 1350. The molecule has 0 radical (unpaired) electrons. The molecule has 0 saturated carbocycles. The summed E-state index contributed by atoms with van der Waals surface area (Å²) in [6, 6.07) is 12.9. The monoisotopic (exact) mass is 423 g/mol. The molecule has 2 aromatic carbocycles. The second-order valence-electron chi connectivity index (χ2n) is 6.56. The first-order valence-corrected chi connectivity index (χ1v) is 9.99. The van der Waals surface area contributed by atoms with Crippen LogP contribution in [0.25, 0.3) is 11.0 Å². The Hall–Kier alpha value is -3.59. The number of hydrogen-bond acceptors (Lipinski definition) is 8. The standard InChI is InChI=1S/C21H17N3O5S/c1-26-13-8-7-12(9-16(13)27-2)10-18-20(25)24-21(30-18)22-19(23-24)17-11-28-14-5-3-4-6-15(14)29-17/h3-10,17H,11H2,1-2H3/b18-10+. The predicted molar refractivity (Wildman–Crippen MR) is 111 cm³/mol. The second kappa shape index (κ2) is 7.34. The number of ether oxygens (including phenoxy) is 4. The van der Waals surface area contributed by atoms with Gasteiger partial charge in [0.15, 0.2) is 34.9 Å². The van der Waals surface area contributed by atoms with Crippen LogP contribution in [0.1, 0.15) is 17.5 Å². The van der Waals surface area contributed by atoms with Crippen LogP contribution in [-0.2, 0) is 0 Å². The number of benzene rings is 2. The maximum Gasteiger partial charge on any atom is 0.291 e. The van der Waals surface area contributed by atoms with Gasteiger partial charge in [0.1, 0.15) is 6.61 Å². The Kier molecular flexibility index (Phi) is 4.51. The summed E-state index contributed by atoms with van der Waals surface area (Å²) in [6.07, 6.45) is 1.31. The van der Waals surface area contributed by atoms with E-state index < -0.39 is 6.10 Å². The van der Waals surface area contributed by atoms with Crippen molar-refractivity contribution in [2.24, 2.45) is 0 Å². The maximum atomic E-state index is 12.8. The smallest absolute Gasteiger partial charge is 0.291 e. The summed E-state index contributed by atoms with van der Waals surface area (Å²) < 4.78 is 24.1. The molecule has 152 valence electrons. The number of rotatable bonds is 4. The van der Waals surface area contributed by atoms with Crippen LogP contribution in [0.4, 0.5) is 0 Å². The van der Waals surface area contributed by atoms with E-state index in [2.05, 4.69) is 10.1 Å². The lowest BCUT2D eigenvalue weighted by molar-refractivity contribution is 0.0852. The van der Waals surface area contributed by atoms with E-state index in [1.54, 1.807) is 26.4 Å². The highest BCUT2D eigenvalue weighted by Crippen LogP contribution is 2.35. The molecule has 3 heterocycles. The molecule has 1 aliphatic rings. The van der Waals surface area contributed by atoms with Gasteiger partial charge in [0.25, 0.3) is 5.56 Å². The zero-order valence-electron chi connectivity index (χ0n) is 16.2. The van der Waals surface area contributed by atoms with Crippen molar-refractivity contribution in [1.82, 2.24) is 14.6 Å². The van der Waals surface area contributed by atoms with E-state index >= 15 is 0 Å². The Morgan fingerprint density at radius 3 is 2.70 bits per heavy atom.